The van der Waals surface area contributed by atoms with Gasteiger partial charge in [0.25, 0.3) is 0 Å². The van der Waals surface area contributed by atoms with Crippen molar-refractivity contribution in [2.45, 2.75) is 25.4 Å². The first-order chi connectivity index (χ1) is 9.16. The molecule has 1 unspecified atom stereocenters. The number of fused-ring (bicyclic) bond motifs is 1. The Hall–Kier alpha value is -1.74. The van der Waals surface area contributed by atoms with E-state index in [0.717, 1.165) is 25.3 Å². The summed E-state index contributed by atoms with van der Waals surface area (Å²) in [5.74, 6) is -1.91. The van der Waals surface area contributed by atoms with Gasteiger partial charge in [0.1, 0.15) is 6.10 Å². The van der Waals surface area contributed by atoms with Crippen LogP contribution in [0.4, 0.5) is 8.78 Å². The normalized spacial score (nSPS) is 15.3. The number of aryl methyl sites for hydroxylation is 2. The van der Waals surface area contributed by atoms with Crippen molar-refractivity contribution in [1.29, 1.82) is 0 Å². The van der Waals surface area contributed by atoms with Crippen molar-refractivity contribution in [3.63, 3.8) is 0 Å². The van der Waals surface area contributed by atoms with Crippen LogP contribution in [0.1, 0.15) is 34.8 Å². The van der Waals surface area contributed by atoms with Crippen molar-refractivity contribution in [1.82, 2.24) is 0 Å². The smallest absolute Gasteiger partial charge is 0.164 e. The molecule has 0 aromatic heterocycles. The van der Waals surface area contributed by atoms with Crippen LogP contribution in [0.2, 0.25) is 0 Å². The standard InChI is InChI=1S/C16H14F2O/c17-14-6-2-5-13(15(14)18)16(19)12-8-7-10-3-1-4-11(10)9-12/h2,5-9,16,19H,1,3-4H2. The fraction of sp³-hybridized carbons (Fsp3) is 0.250. The molecule has 0 aliphatic heterocycles. The van der Waals surface area contributed by atoms with Gasteiger partial charge in [-0.3, -0.25) is 0 Å². The van der Waals surface area contributed by atoms with Crippen molar-refractivity contribution in [2.75, 3.05) is 0 Å². The maximum absolute atomic E-state index is 13.7. The first-order valence-corrected chi connectivity index (χ1v) is 6.40. The van der Waals surface area contributed by atoms with Crippen LogP contribution in [-0.4, -0.2) is 5.11 Å². The van der Waals surface area contributed by atoms with E-state index in [0.29, 0.717) is 5.56 Å². The van der Waals surface area contributed by atoms with Gasteiger partial charge in [0.05, 0.1) is 0 Å². The molecule has 1 N–H and O–H groups in total. The summed E-state index contributed by atoms with van der Waals surface area (Å²) in [5.41, 5.74) is 3.09. The Morgan fingerprint density at radius 3 is 2.63 bits per heavy atom. The molecule has 0 bridgehead atoms. The first-order valence-electron chi connectivity index (χ1n) is 6.40. The van der Waals surface area contributed by atoms with Gasteiger partial charge in [-0.2, -0.15) is 0 Å². The molecule has 0 fully saturated rings. The molecule has 0 saturated heterocycles. The van der Waals surface area contributed by atoms with Gasteiger partial charge in [0.2, 0.25) is 0 Å². The third kappa shape index (κ3) is 2.15. The summed E-state index contributed by atoms with van der Waals surface area (Å²) in [6.07, 6.45) is 2.03. The van der Waals surface area contributed by atoms with Gasteiger partial charge in [0.15, 0.2) is 11.6 Å². The molecule has 0 saturated carbocycles. The average Bonchev–Trinajstić information content (AvgIpc) is 2.88. The SMILES string of the molecule is OC(c1ccc2c(c1)CCC2)c1cccc(F)c1F. The molecule has 98 valence electrons. The Labute approximate surface area is 110 Å². The van der Waals surface area contributed by atoms with E-state index < -0.39 is 17.7 Å². The van der Waals surface area contributed by atoms with Crippen LogP contribution in [-0.2, 0) is 12.8 Å². The van der Waals surface area contributed by atoms with Gasteiger partial charge in [-0.25, -0.2) is 8.78 Å². The Morgan fingerprint density at radius 1 is 1.00 bits per heavy atom. The second kappa shape index (κ2) is 4.74. The molecule has 2 aromatic carbocycles. The second-order valence-electron chi connectivity index (χ2n) is 4.93. The number of hydrogen-bond donors (Lipinski definition) is 1. The fourth-order valence-corrected chi connectivity index (χ4v) is 2.67. The van der Waals surface area contributed by atoms with Gasteiger partial charge in [-0.15, -0.1) is 0 Å². The van der Waals surface area contributed by atoms with Crippen LogP contribution in [0.5, 0.6) is 0 Å². The highest BCUT2D eigenvalue weighted by atomic mass is 19.2. The zero-order valence-electron chi connectivity index (χ0n) is 10.4. The quantitative estimate of drug-likeness (QED) is 0.875. The summed E-state index contributed by atoms with van der Waals surface area (Å²) < 4.78 is 26.9. The lowest BCUT2D eigenvalue weighted by Gasteiger charge is -2.14. The zero-order valence-corrected chi connectivity index (χ0v) is 10.4. The van der Waals surface area contributed by atoms with Gasteiger partial charge >= 0.3 is 0 Å². The van der Waals surface area contributed by atoms with Crippen molar-refractivity contribution < 1.29 is 13.9 Å². The predicted octanol–water partition coefficient (Wildman–Crippen LogP) is 3.54. The lowest BCUT2D eigenvalue weighted by Crippen LogP contribution is -2.04. The van der Waals surface area contributed by atoms with Crippen LogP contribution in [0.15, 0.2) is 36.4 Å². The number of hydrogen-bond acceptors (Lipinski definition) is 1. The Kier molecular flexibility index (Phi) is 3.07. The van der Waals surface area contributed by atoms with E-state index in [2.05, 4.69) is 0 Å². The zero-order chi connectivity index (χ0) is 13.4. The van der Waals surface area contributed by atoms with Crippen LogP contribution >= 0.6 is 0 Å². The maximum atomic E-state index is 13.7. The summed E-state index contributed by atoms with van der Waals surface area (Å²) in [6, 6.07) is 9.53. The molecule has 0 radical (unpaired) electrons. The highest BCUT2D eigenvalue weighted by Gasteiger charge is 2.19. The molecule has 1 aliphatic rings. The molecule has 2 aromatic rings. The molecule has 19 heavy (non-hydrogen) atoms. The lowest BCUT2D eigenvalue weighted by atomic mass is 9.97. The topological polar surface area (TPSA) is 20.2 Å². The molecule has 3 heteroatoms. The molecule has 0 amide bonds. The molecule has 3 rings (SSSR count). The van der Waals surface area contributed by atoms with Gasteiger partial charge in [0, 0.05) is 5.56 Å². The molecule has 1 atom stereocenters. The van der Waals surface area contributed by atoms with Crippen molar-refractivity contribution in [3.8, 4) is 0 Å². The van der Waals surface area contributed by atoms with Crippen LogP contribution in [0, 0.1) is 11.6 Å². The summed E-state index contributed by atoms with van der Waals surface area (Å²) in [7, 11) is 0. The van der Waals surface area contributed by atoms with E-state index in [4.69, 9.17) is 0 Å². The summed E-state index contributed by atoms with van der Waals surface area (Å²) in [4.78, 5) is 0. The Morgan fingerprint density at radius 2 is 1.79 bits per heavy atom. The maximum Gasteiger partial charge on any atom is 0.164 e. The van der Waals surface area contributed by atoms with E-state index in [1.54, 1.807) is 6.07 Å². The highest BCUT2D eigenvalue weighted by Crippen LogP contribution is 2.29. The number of aliphatic hydroxyl groups excluding tert-OH is 1. The minimum Gasteiger partial charge on any atom is -0.384 e. The van der Waals surface area contributed by atoms with Gasteiger partial charge < -0.3 is 5.11 Å². The van der Waals surface area contributed by atoms with Gasteiger partial charge in [-0.1, -0.05) is 30.3 Å². The van der Waals surface area contributed by atoms with E-state index in [1.165, 1.54) is 23.3 Å². The van der Waals surface area contributed by atoms with E-state index in [-0.39, 0.29) is 5.56 Å². The number of benzene rings is 2. The summed E-state index contributed by atoms with van der Waals surface area (Å²) in [6.45, 7) is 0. The largest absolute Gasteiger partial charge is 0.384 e. The Bertz CT molecular complexity index is 622. The fourth-order valence-electron chi connectivity index (χ4n) is 2.67. The van der Waals surface area contributed by atoms with Gasteiger partial charge in [-0.05, 0) is 42.0 Å². The van der Waals surface area contributed by atoms with E-state index >= 15 is 0 Å². The van der Waals surface area contributed by atoms with Crippen molar-refractivity contribution in [2.24, 2.45) is 0 Å². The second-order valence-corrected chi connectivity index (χ2v) is 4.93. The van der Waals surface area contributed by atoms with Crippen molar-refractivity contribution in [3.05, 3.63) is 70.3 Å². The predicted molar refractivity (Wildman–Crippen MR) is 68.9 cm³/mol. The highest BCUT2D eigenvalue weighted by molar-refractivity contribution is 5.39. The number of rotatable bonds is 2. The molecule has 1 aliphatic carbocycles. The minimum atomic E-state index is -1.12. The molecule has 0 heterocycles. The summed E-state index contributed by atoms with van der Waals surface area (Å²) >= 11 is 0. The lowest BCUT2D eigenvalue weighted by molar-refractivity contribution is 0.213. The minimum absolute atomic E-state index is 0.0158. The third-order valence-corrected chi connectivity index (χ3v) is 3.71. The number of aliphatic hydroxyl groups is 1. The molecular formula is C16H14F2O. The van der Waals surface area contributed by atoms with Crippen molar-refractivity contribution >= 4 is 0 Å². The number of halogens is 2. The monoisotopic (exact) mass is 260 g/mol. The Balaban J connectivity index is 2.00. The third-order valence-electron chi connectivity index (χ3n) is 3.71. The molecule has 0 spiro atoms. The molecular weight excluding hydrogens is 246 g/mol. The summed E-state index contributed by atoms with van der Waals surface area (Å²) in [5, 5.41) is 10.2. The van der Waals surface area contributed by atoms with E-state index in [1.807, 2.05) is 12.1 Å². The van der Waals surface area contributed by atoms with E-state index in [9.17, 15) is 13.9 Å². The van der Waals surface area contributed by atoms with Crippen LogP contribution in [0.3, 0.4) is 0 Å². The average molecular weight is 260 g/mol. The van der Waals surface area contributed by atoms with Crippen LogP contribution < -0.4 is 0 Å². The molecule has 1 nitrogen and oxygen atoms in total. The van der Waals surface area contributed by atoms with Crippen LogP contribution in [0.25, 0.3) is 0 Å². The first kappa shape index (κ1) is 12.3.